The van der Waals surface area contributed by atoms with E-state index in [1.54, 1.807) is 37.8 Å². The molecule has 7 nitrogen and oxygen atoms in total. The van der Waals surface area contributed by atoms with Gasteiger partial charge >= 0.3 is 0 Å². The lowest BCUT2D eigenvalue weighted by atomic mass is 10.0. The van der Waals surface area contributed by atoms with Gasteiger partial charge in [-0.05, 0) is 36.3 Å². The SMILES string of the molecule is COc1cccn2c(/C=C/C(=O)NCCc3ccccc3-c3ncccn3)cnc12. The van der Waals surface area contributed by atoms with Gasteiger partial charge in [0.25, 0.3) is 0 Å². The average Bonchev–Trinajstić information content (AvgIpc) is 3.22. The zero-order valence-corrected chi connectivity index (χ0v) is 16.5. The maximum Gasteiger partial charge on any atom is 0.244 e. The van der Waals surface area contributed by atoms with Gasteiger partial charge in [0.2, 0.25) is 5.91 Å². The van der Waals surface area contributed by atoms with Gasteiger partial charge in [-0.3, -0.25) is 9.20 Å². The number of nitrogens with zero attached hydrogens (tertiary/aromatic N) is 4. The normalized spacial score (nSPS) is 11.1. The predicted octanol–water partition coefficient (Wildman–Crippen LogP) is 3.17. The summed E-state index contributed by atoms with van der Waals surface area (Å²) in [5.41, 5.74) is 3.56. The smallest absolute Gasteiger partial charge is 0.244 e. The van der Waals surface area contributed by atoms with Crippen molar-refractivity contribution in [1.29, 1.82) is 0 Å². The number of carbonyl (C=O) groups is 1. The van der Waals surface area contributed by atoms with Crippen molar-refractivity contribution in [3.63, 3.8) is 0 Å². The van der Waals surface area contributed by atoms with Gasteiger partial charge in [0, 0.05) is 36.8 Å². The third kappa shape index (κ3) is 4.20. The highest BCUT2D eigenvalue weighted by Gasteiger charge is 2.08. The van der Waals surface area contributed by atoms with Crippen LogP contribution in [0.25, 0.3) is 23.1 Å². The summed E-state index contributed by atoms with van der Waals surface area (Å²) in [7, 11) is 1.61. The van der Waals surface area contributed by atoms with Crippen LogP contribution >= 0.6 is 0 Å². The fourth-order valence-corrected chi connectivity index (χ4v) is 3.22. The van der Waals surface area contributed by atoms with Crippen molar-refractivity contribution in [2.45, 2.75) is 6.42 Å². The minimum atomic E-state index is -0.165. The highest BCUT2D eigenvalue weighted by molar-refractivity contribution is 5.91. The quantitative estimate of drug-likeness (QED) is 0.483. The second-order valence-electron chi connectivity index (χ2n) is 6.56. The van der Waals surface area contributed by atoms with E-state index in [1.807, 2.05) is 47.0 Å². The van der Waals surface area contributed by atoms with E-state index < -0.39 is 0 Å². The lowest BCUT2D eigenvalue weighted by molar-refractivity contribution is -0.116. The summed E-state index contributed by atoms with van der Waals surface area (Å²) in [5, 5.41) is 2.92. The Morgan fingerprint density at radius 3 is 2.77 bits per heavy atom. The summed E-state index contributed by atoms with van der Waals surface area (Å²) in [6.45, 7) is 0.508. The van der Waals surface area contributed by atoms with Crippen LogP contribution in [-0.4, -0.2) is 38.9 Å². The summed E-state index contributed by atoms with van der Waals surface area (Å²) in [6.07, 6.45) is 11.0. The molecule has 0 saturated heterocycles. The maximum atomic E-state index is 12.3. The molecule has 0 atom stereocenters. The summed E-state index contributed by atoms with van der Waals surface area (Å²) in [6, 6.07) is 13.5. The third-order valence-electron chi connectivity index (χ3n) is 4.67. The molecule has 0 spiro atoms. The van der Waals surface area contributed by atoms with E-state index in [9.17, 15) is 4.79 Å². The molecule has 7 heteroatoms. The van der Waals surface area contributed by atoms with E-state index in [1.165, 1.54) is 6.08 Å². The number of aromatic nitrogens is 4. The Hall–Kier alpha value is -4.00. The van der Waals surface area contributed by atoms with E-state index >= 15 is 0 Å². The minimum absolute atomic E-state index is 0.165. The van der Waals surface area contributed by atoms with Crippen molar-refractivity contribution in [3.05, 3.63) is 84.6 Å². The molecular formula is C23H21N5O2. The number of rotatable bonds is 7. The van der Waals surface area contributed by atoms with Gasteiger partial charge in [-0.15, -0.1) is 0 Å². The fourth-order valence-electron chi connectivity index (χ4n) is 3.22. The van der Waals surface area contributed by atoms with Crippen LogP contribution in [0.4, 0.5) is 0 Å². The third-order valence-corrected chi connectivity index (χ3v) is 4.67. The van der Waals surface area contributed by atoms with E-state index in [4.69, 9.17) is 4.74 Å². The Bertz CT molecular complexity index is 1180. The molecule has 0 fully saturated rings. The van der Waals surface area contributed by atoms with Crippen LogP contribution in [0.2, 0.25) is 0 Å². The molecule has 0 saturated carbocycles. The summed E-state index contributed by atoms with van der Waals surface area (Å²) in [4.78, 5) is 25.3. The number of carbonyl (C=O) groups excluding carboxylic acids is 1. The molecule has 1 amide bonds. The van der Waals surface area contributed by atoms with Gasteiger partial charge in [0.05, 0.1) is 19.0 Å². The molecule has 1 aromatic carbocycles. The van der Waals surface area contributed by atoms with Crippen molar-refractivity contribution in [2.24, 2.45) is 0 Å². The van der Waals surface area contributed by atoms with Gasteiger partial charge < -0.3 is 10.1 Å². The van der Waals surface area contributed by atoms with Crippen molar-refractivity contribution in [2.75, 3.05) is 13.7 Å². The first-order valence-corrected chi connectivity index (χ1v) is 9.57. The van der Waals surface area contributed by atoms with Crippen LogP contribution < -0.4 is 10.1 Å². The molecule has 4 aromatic rings. The Kier molecular flexibility index (Phi) is 5.80. The van der Waals surface area contributed by atoms with E-state index in [-0.39, 0.29) is 5.91 Å². The number of imidazole rings is 1. The van der Waals surface area contributed by atoms with Crippen LogP contribution in [0.5, 0.6) is 5.75 Å². The first-order valence-electron chi connectivity index (χ1n) is 9.57. The number of pyridine rings is 1. The topological polar surface area (TPSA) is 81.4 Å². The van der Waals surface area contributed by atoms with Crippen LogP contribution in [0, 0.1) is 0 Å². The Morgan fingerprint density at radius 2 is 1.93 bits per heavy atom. The molecule has 3 aromatic heterocycles. The zero-order chi connectivity index (χ0) is 20.8. The first kappa shape index (κ1) is 19.3. The number of hydrogen-bond donors (Lipinski definition) is 1. The summed E-state index contributed by atoms with van der Waals surface area (Å²) < 4.78 is 7.18. The number of ether oxygens (including phenoxy) is 1. The molecule has 4 rings (SSSR count). The fraction of sp³-hybridized carbons (Fsp3) is 0.130. The van der Waals surface area contributed by atoms with E-state index in [0.29, 0.717) is 30.2 Å². The molecule has 0 unspecified atom stereocenters. The molecular weight excluding hydrogens is 378 g/mol. The van der Waals surface area contributed by atoms with E-state index in [2.05, 4.69) is 20.3 Å². The molecule has 0 bridgehead atoms. The second kappa shape index (κ2) is 9.00. The van der Waals surface area contributed by atoms with Crippen LogP contribution in [0.1, 0.15) is 11.3 Å². The number of hydrogen-bond acceptors (Lipinski definition) is 5. The lowest BCUT2D eigenvalue weighted by Gasteiger charge is -2.08. The Morgan fingerprint density at radius 1 is 1.10 bits per heavy atom. The molecule has 0 aliphatic carbocycles. The standard InChI is InChI=1S/C23H21N5O2/c1-30-20-8-4-15-28-18(16-27-23(20)28)9-10-21(29)24-14-11-17-6-2-3-7-19(17)22-25-12-5-13-26-22/h2-10,12-13,15-16H,11,14H2,1H3,(H,24,29)/b10-9+. The van der Waals surface area contributed by atoms with Gasteiger partial charge in [-0.2, -0.15) is 0 Å². The molecule has 3 heterocycles. The number of nitrogens with one attached hydrogen (secondary N) is 1. The zero-order valence-electron chi connectivity index (χ0n) is 16.5. The number of methoxy groups -OCH3 is 1. The summed E-state index contributed by atoms with van der Waals surface area (Å²) in [5.74, 6) is 1.20. The van der Waals surface area contributed by atoms with Gasteiger partial charge in [0.15, 0.2) is 17.2 Å². The highest BCUT2D eigenvalue weighted by atomic mass is 16.5. The average molecular weight is 399 g/mol. The molecule has 0 aliphatic heterocycles. The summed E-state index contributed by atoms with van der Waals surface area (Å²) >= 11 is 0. The second-order valence-corrected chi connectivity index (χ2v) is 6.56. The largest absolute Gasteiger partial charge is 0.493 e. The molecule has 150 valence electrons. The monoisotopic (exact) mass is 399 g/mol. The van der Waals surface area contributed by atoms with E-state index in [0.717, 1.165) is 16.8 Å². The highest BCUT2D eigenvalue weighted by Crippen LogP contribution is 2.20. The van der Waals surface area contributed by atoms with Crippen molar-refractivity contribution < 1.29 is 9.53 Å². The first-order chi connectivity index (χ1) is 14.8. The van der Waals surface area contributed by atoms with Gasteiger partial charge in [0.1, 0.15) is 0 Å². The lowest BCUT2D eigenvalue weighted by Crippen LogP contribution is -2.23. The Balaban J connectivity index is 1.39. The number of fused-ring (bicyclic) bond motifs is 1. The predicted molar refractivity (Wildman–Crippen MR) is 115 cm³/mol. The number of benzene rings is 1. The number of amides is 1. The maximum absolute atomic E-state index is 12.3. The van der Waals surface area contributed by atoms with Crippen molar-refractivity contribution in [1.82, 2.24) is 24.7 Å². The molecule has 0 radical (unpaired) electrons. The van der Waals surface area contributed by atoms with Crippen LogP contribution in [0.3, 0.4) is 0 Å². The molecule has 1 N–H and O–H groups in total. The van der Waals surface area contributed by atoms with Crippen molar-refractivity contribution >= 4 is 17.6 Å². The van der Waals surface area contributed by atoms with Crippen molar-refractivity contribution in [3.8, 4) is 17.1 Å². The van der Waals surface area contributed by atoms with Gasteiger partial charge in [-0.1, -0.05) is 24.3 Å². The molecule has 0 aliphatic rings. The van der Waals surface area contributed by atoms with Crippen LogP contribution in [-0.2, 0) is 11.2 Å². The Labute approximate surface area is 174 Å². The van der Waals surface area contributed by atoms with Gasteiger partial charge in [-0.25, -0.2) is 15.0 Å². The van der Waals surface area contributed by atoms with Crippen LogP contribution in [0.15, 0.2) is 73.3 Å². The minimum Gasteiger partial charge on any atom is -0.493 e. The molecule has 30 heavy (non-hydrogen) atoms.